The van der Waals surface area contributed by atoms with Gasteiger partial charge in [0.25, 0.3) is 0 Å². The molecule has 0 spiro atoms. The molecule has 0 N–H and O–H groups in total. The maximum absolute atomic E-state index is 13.0. The van der Waals surface area contributed by atoms with E-state index >= 15 is 0 Å². The van der Waals surface area contributed by atoms with Crippen molar-refractivity contribution in [2.24, 2.45) is 0 Å². The van der Waals surface area contributed by atoms with Crippen LogP contribution in [0.4, 0.5) is 4.39 Å². The van der Waals surface area contributed by atoms with Gasteiger partial charge in [-0.3, -0.25) is 0 Å². The third kappa shape index (κ3) is 2.06. The van der Waals surface area contributed by atoms with Crippen LogP contribution < -0.4 is 0 Å². The molecule has 0 aliphatic carbocycles. The largest absolute Gasteiger partial charge is 0.206 e. The summed E-state index contributed by atoms with van der Waals surface area (Å²) in [4.78, 5) is 0. The predicted octanol–water partition coefficient (Wildman–Crippen LogP) is 1.57. The van der Waals surface area contributed by atoms with E-state index in [1.54, 1.807) is 12.1 Å². The Hall–Kier alpha value is -2.31. The first-order valence-corrected chi connectivity index (χ1v) is 3.37. The van der Waals surface area contributed by atoms with E-state index in [1.165, 1.54) is 12.1 Å². The Labute approximate surface area is 74.8 Å². The number of rotatable bonds is 0. The fourth-order valence-electron chi connectivity index (χ4n) is 0.781. The monoisotopic (exact) mass is 170 g/mol. The first-order chi connectivity index (χ1) is 6.27. The predicted molar refractivity (Wildman–Crippen MR) is 43.6 cm³/mol. The van der Waals surface area contributed by atoms with Gasteiger partial charge in [-0.05, 0) is 24.1 Å². The highest BCUT2D eigenvalue weighted by molar-refractivity contribution is 5.42. The Bertz CT molecular complexity index is 466. The lowest BCUT2D eigenvalue weighted by molar-refractivity contribution is 0.624. The van der Waals surface area contributed by atoms with Gasteiger partial charge in [0.2, 0.25) is 0 Å². The third-order valence-corrected chi connectivity index (χ3v) is 1.35. The Kier molecular flexibility index (Phi) is 2.64. The molecule has 0 saturated heterocycles. The summed E-state index contributed by atoms with van der Waals surface area (Å²) in [5, 5.41) is 16.5. The molecule has 1 rings (SSSR count). The molecule has 1 aromatic rings. The van der Waals surface area contributed by atoms with Gasteiger partial charge in [-0.1, -0.05) is 0 Å². The quantitative estimate of drug-likeness (QED) is 0.555. The average molecular weight is 170 g/mol. The van der Waals surface area contributed by atoms with Crippen molar-refractivity contribution in [2.45, 2.75) is 0 Å². The van der Waals surface area contributed by atoms with Crippen molar-refractivity contribution in [3.63, 3.8) is 0 Å². The van der Waals surface area contributed by atoms with Crippen LogP contribution in [0.3, 0.4) is 0 Å². The molecule has 2 nitrogen and oxygen atoms in total. The molecule has 0 aliphatic heterocycles. The lowest BCUT2D eigenvalue weighted by Crippen LogP contribution is -1.84. The smallest absolute Gasteiger partial charge is 0.152 e. The van der Waals surface area contributed by atoms with Gasteiger partial charge in [-0.25, -0.2) is 4.39 Å². The molecule has 0 fully saturated rings. The van der Waals surface area contributed by atoms with Gasteiger partial charge < -0.3 is 0 Å². The molecule has 0 aromatic heterocycles. The number of halogens is 1. The van der Waals surface area contributed by atoms with Crippen LogP contribution in [-0.4, -0.2) is 0 Å². The van der Waals surface area contributed by atoms with E-state index in [1.807, 2.05) is 0 Å². The molecule has 0 bridgehead atoms. The van der Waals surface area contributed by atoms with Crippen LogP contribution >= 0.6 is 0 Å². The maximum Gasteiger partial charge on any atom is 0.152 e. The number of nitrogens with zero attached hydrogens (tertiary/aromatic N) is 2. The Morgan fingerprint density at radius 1 is 1.23 bits per heavy atom. The number of hydrogen-bond acceptors (Lipinski definition) is 2. The minimum Gasteiger partial charge on any atom is -0.206 e. The van der Waals surface area contributed by atoms with Gasteiger partial charge in [-0.15, -0.1) is 0 Å². The summed E-state index contributed by atoms with van der Waals surface area (Å²) in [5.41, 5.74) is 0.362. The van der Waals surface area contributed by atoms with E-state index in [4.69, 9.17) is 10.5 Å². The highest BCUT2D eigenvalue weighted by Gasteiger charge is 1.99. The zero-order valence-electron chi connectivity index (χ0n) is 6.50. The van der Waals surface area contributed by atoms with E-state index in [9.17, 15) is 4.39 Å². The number of benzene rings is 1. The van der Waals surface area contributed by atoms with Crippen LogP contribution in [0.2, 0.25) is 0 Å². The topological polar surface area (TPSA) is 47.6 Å². The molecule has 0 amide bonds. The fourth-order valence-corrected chi connectivity index (χ4v) is 0.781. The highest BCUT2D eigenvalue weighted by Crippen LogP contribution is 2.08. The maximum atomic E-state index is 13.0. The Morgan fingerprint density at radius 3 is 2.54 bits per heavy atom. The summed E-state index contributed by atoms with van der Waals surface area (Å²) in [6, 6.07) is 7.28. The molecule has 0 radical (unpaired) electrons. The molecule has 0 unspecified atom stereocenters. The molecule has 0 heterocycles. The SMILES string of the molecule is N#CC#Cc1ccc(C#N)cc1F. The average Bonchev–Trinajstić information content (AvgIpc) is 2.16. The zero-order valence-corrected chi connectivity index (χ0v) is 6.50. The molecule has 13 heavy (non-hydrogen) atoms. The van der Waals surface area contributed by atoms with E-state index in [2.05, 4.69) is 11.8 Å². The molecular formula is C10H3FN2. The lowest BCUT2D eigenvalue weighted by atomic mass is 10.1. The van der Waals surface area contributed by atoms with Gasteiger partial charge >= 0.3 is 0 Å². The molecule has 0 atom stereocenters. The second-order valence-electron chi connectivity index (χ2n) is 2.17. The molecule has 60 valence electrons. The van der Waals surface area contributed by atoms with Crippen LogP contribution in [0.25, 0.3) is 0 Å². The summed E-state index contributed by atoms with van der Waals surface area (Å²) < 4.78 is 13.0. The molecule has 0 aliphatic rings. The zero-order chi connectivity index (χ0) is 9.68. The first-order valence-electron chi connectivity index (χ1n) is 3.37. The Morgan fingerprint density at radius 2 is 2.00 bits per heavy atom. The minimum absolute atomic E-state index is 0.126. The lowest BCUT2D eigenvalue weighted by Gasteiger charge is -1.92. The van der Waals surface area contributed by atoms with Gasteiger partial charge in [0.15, 0.2) is 6.07 Å². The van der Waals surface area contributed by atoms with Crippen LogP contribution in [0.1, 0.15) is 11.1 Å². The minimum atomic E-state index is -0.582. The second-order valence-corrected chi connectivity index (χ2v) is 2.17. The van der Waals surface area contributed by atoms with Crippen LogP contribution in [0.5, 0.6) is 0 Å². The van der Waals surface area contributed by atoms with Crippen molar-refractivity contribution in [3.8, 4) is 24.0 Å². The van der Waals surface area contributed by atoms with Gasteiger partial charge in [-0.2, -0.15) is 10.5 Å². The van der Waals surface area contributed by atoms with E-state index in [0.717, 1.165) is 6.07 Å². The van der Waals surface area contributed by atoms with Crippen molar-refractivity contribution in [3.05, 3.63) is 35.1 Å². The van der Waals surface area contributed by atoms with Gasteiger partial charge in [0.1, 0.15) is 5.82 Å². The molecule has 1 aromatic carbocycles. The van der Waals surface area contributed by atoms with Gasteiger partial charge in [0.05, 0.1) is 17.2 Å². The van der Waals surface area contributed by atoms with Crippen molar-refractivity contribution < 1.29 is 4.39 Å². The summed E-state index contributed by atoms with van der Waals surface area (Å²) in [5.74, 6) is 3.81. The molecule has 3 heteroatoms. The number of hydrogen-bond donors (Lipinski definition) is 0. The highest BCUT2D eigenvalue weighted by atomic mass is 19.1. The summed E-state index contributed by atoms with van der Waals surface area (Å²) in [7, 11) is 0. The fraction of sp³-hybridized carbons (Fsp3) is 0. The van der Waals surface area contributed by atoms with Crippen molar-refractivity contribution in [1.29, 1.82) is 10.5 Å². The standard InChI is InChI=1S/C10H3FN2/c11-10-6-8(7-13)3-4-9(10)2-1-5-12/h3-4,6H. The third-order valence-electron chi connectivity index (χ3n) is 1.35. The van der Waals surface area contributed by atoms with E-state index in [-0.39, 0.29) is 11.1 Å². The molecule has 0 saturated carbocycles. The van der Waals surface area contributed by atoms with E-state index in [0.29, 0.717) is 0 Å². The Balaban J connectivity index is 3.16. The summed E-state index contributed by atoms with van der Waals surface area (Å²) in [6.45, 7) is 0. The van der Waals surface area contributed by atoms with Crippen LogP contribution in [0.15, 0.2) is 18.2 Å². The van der Waals surface area contributed by atoms with Crippen molar-refractivity contribution in [2.75, 3.05) is 0 Å². The second kappa shape index (κ2) is 3.90. The van der Waals surface area contributed by atoms with Crippen molar-refractivity contribution >= 4 is 0 Å². The van der Waals surface area contributed by atoms with E-state index < -0.39 is 5.82 Å². The van der Waals surface area contributed by atoms with Crippen LogP contribution in [-0.2, 0) is 0 Å². The first kappa shape index (κ1) is 8.78. The summed E-state index contributed by atoms with van der Waals surface area (Å²) >= 11 is 0. The number of nitriles is 2. The van der Waals surface area contributed by atoms with Gasteiger partial charge in [0, 0.05) is 5.92 Å². The summed E-state index contributed by atoms with van der Waals surface area (Å²) in [6.07, 6.45) is 0. The van der Waals surface area contributed by atoms with Crippen molar-refractivity contribution in [1.82, 2.24) is 0 Å². The normalized spacial score (nSPS) is 7.62. The van der Waals surface area contributed by atoms with Crippen LogP contribution in [0, 0.1) is 40.3 Å². The molecular weight excluding hydrogens is 167 g/mol.